The quantitative estimate of drug-likeness (QED) is 0.754. The Labute approximate surface area is 110 Å². The molecule has 0 aromatic rings. The third-order valence-corrected chi connectivity index (χ3v) is 3.92. The van der Waals surface area contributed by atoms with Gasteiger partial charge in [0.25, 0.3) is 0 Å². The Morgan fingerprint density at radius 1 is 1.33 bits per heavy atom. The highest BCUT2D eigenvalue weighted by Crippen LogP contribution is 2.28. The van der Waals surface area contributed by atoms with E-state index < -0.39 is 0 Å². The van der Waals surface area contributed by atoms with E-state index in [4.69, 9.17) is 4.74 Å². The second-order valence-corrected chi connectivity index (χ2v) is 6.07. The Hall–Kier alpha value is -0.610. The van der Waals surface area contributed by atoms with Gasteiger partial charge in [-0.1, -0.05) is 13.8 Å². The number of carbonyl (C=O) groups excluding carboxylic acids is 1. The minimum absolute atomic E-state index is 0.0292. The lowest BCUT2D eigenvalue weighted by Gasteiger charge is -2.28. The van der Waals surface area contributed by atoms with E-state index in [-0.39, 0.29) is 18.6 Å². The van der Waals surface area contributed by atoms with Crippen LogP contribution in [0.25, 0.3) is 0 Å². The van der Waals surface area contributed by atoms with Gasteiger partial charge in [-0.3, -0.25) is 4.79 Å². The molecule has 2 fully saturated rings. The van der Waals surface area contributed by atoms with Crippen molar-refractivity contribution in [3.05, 3.63) is 0 Å². The van der Waals surface area contributed by atoms with Gasteiger partial charge in [0, 0.05) is 18.6 Å². The standard InChI is InChI=1S/C14H26N2O2/c1-10(2)5-6-15-14(17)9-18-13-7-11-3-4-12(8-13)16-11/h10-13,16H,3-9H2,1-2H3,(H,15,17). The first-order chi connectivity index (χ1) is 8.63. The molecule has 104 valence electrons. The number of hydrogen-bond donors (Lipinski definition) is 2. The minimum Gasteiger partial charge on any atom is -0.368 e. The van der Waals surface area contributed by atoms with Crippen LogP contribution >= 0.6 is 0 Å². The van der Waals surface area contributed by atoms with Crippen LogP contribution in [0.1, 0.15) is 46.0 Å². The molecule has 2 saturated heterocycles. The first kappa shape index (κ1) is 13.8. The zero-order valence-electron chi connectivity index (χ0n) is 11.6. The van der Waals surface area contributed by atoms with Crippen LogP contribution in [0.15, 0.2) is 0 Å². The number of fused-ring (bicyclic) bond motifs is 2. The highest BCUT2D eigenvalue weighted by molar-refractivity contribution is 5.77. The Balaban J connectivity index is 1.58. The van der Waals surface area contributed by atoms with Gasteiger partial charge in [-0.15, -0.1) is 0 Å². The lowest BCUT2D eigenvalue weighted by Crippen LogP contribution is -2.42. The molecule has 2 unspecified atom stereocenters. The zero-order valence-corrected chi connectivity index (χ0v) is 11.6. The van der Waals surface area contributed by atoms with Crippen LogP contribution in [0.2, 0.25) is 0 Å². The molecule has 2 atom stereocenters. The van der Waals surface area contributed by atoms with Crippen molar-refractivity contribution < 1.29 is 9.53 Å². The van der Waals surface area contributed by atoms with Gasteiger partial charge in [-0.25, -0.2) is 0 Å². The van der Waals surface area contributed by atoms with E-state index in [9.17, 15) is 4.79 Å². The molecule has 1 amide bonds. The van der Waals surface area contributed by atoms with E-state index in [0.717, 1.165) is 25.8 Å². The van der Waals surface area contributed by atoms with Gasteiger partial charge in [0.2, 0.25) is 5.91 Å². The van der Waals surface area contributed by atoms with Crippen molar-refractivity contribution in [2.45, 2.75) is 64.1 Å². The number of piperidine rings is 1. The molecule has 0 aromatic carbocycles. The normalized spacial score (nSPS) is 30.7. The van der Waals surface area contributed by atoms with E-state index in [0.29, 0.717) is 18.0 Å². The van der Waals surface area contributed by atoms with Crippen molar-refractivity contribution in [2.75, 3.05) is 13.2 Å². The summed E-state index contributed by atoms with van der Waals surface area (Å²) < 4.78 is 5.73. The summed E-state index contributed by atoms with van der Waals surface area (Å²) in [7, 11) is 0. The Kier molecular flexibility index (Phi) is 5.01. The van der Waals surface area contributed by atoms with Crippen molar-refractivity contribution in [1.82, 2.24) is 10.6 Å². The molecule has 2 rings (SSSR count). The predicted molar refractivity (Wildman–Crippen MR) is 71.4 cm³/mol. The predicted octanol–water partition coefficient (Wildman–Crippen LogP) is 1.45. The summed E-state index contributed by atoms with van der Waals surface area (Å²) in [6.45, 7) is 5.31. The number of amides is 1. The average molecular weight is 254 g/mol. The number of ether oxygens (including phenoxy) is 1. The van der Waals surface area contributed by atoms with Crippen LogP contribution in [-0.4, -0.2) is 37.2 Å². The maximum atomic E-state index is 11.6. The summed E-state index contributed by atoms with van der Waals surface area (Å²) in [5.41, 5.74) is 0. The van der Waals surface area contributed by atoms with Gasteiger partial charge in [0.15, 0.2) is 0 Å². The van der Waals surface area contributed by atoms with Crippen LogP contribution in [0.3, 0.4) is 0 Å². The Morgan fingerprint density at radius 3 is 2.61 bits per heavy atom. The molecule has 0 spiro atoms. The maximum Gasteiger partial charge on any atom is 0.246 e. The molecular formula is C14H26N2O2. The fourth-order valence-electron chi connectivity index (χ4n) is 2.89. The fraction of sp³-hybridized carbons (Fsp3) is 0.929. The third kappa shape index (κ3) is 4.25. The first-order valence-corrected chi connectivity index (χ1v) is 7.28. The van der Waals surface area contributed by atoms with Crippen molar-refractivity contribution in [3.8, 4) is 0 Å². The Bertz CT molecular complexity index is 269. The highest BCUT2D eigenvalue weighted by atomic mass is 16.5. The zero-order chi connectivity index (χ0) is 13.0. The lowest BCUT2D eigenvalue weighted by molar-refractivity contribution is -0.128. The van der Waals surface area contributed by atoms with Gasteiger partial charge in [-0.2, -0.15) is 0 Å². The van der Waals surface area contributed by atoms with Gasteiger partial charge in [-0.05, 0) is 38.0 Å². The van der Waals surface area contributed by atoms with E-state index in [1.54, 1.807) is 0 Å². The summed E-state index contributed by atoms with van der Waals surface area (Å²) in [4.78, 5) is 11.6. The molecular weight excluding hydrogens is 228 g/mol. The molecule has 2 bridgehead atoms. The van der Waals surface area contributed by atoms with Gasteiger partial charge in [0.05, 0.1) is 6.10 Å². The van der Waals surface area contributed by atoms with Gasteiger partial charge in [0.1, 0.15) is 6.61 Å². The summed E-state index contributed by atoms with van der Waals surface area (Å²) in [6.07, 6.45) is 5.98. The number of hydrogen-bond acceptors (Lipinski definition) is 3. The fourth-order valence-corrected chi connectivity index (χ4v) is 2.89. The number of rotatable bonds is 6. The molecule has 0 saturated carbocycles. The maximum absolute atomic E-state index is 11.6. The van der Waals surface area contributed by atoms with Crippen LogP contribution in [0.4, 0.5) is 0 Å². The second kappa shape index (κ2) is 6.53. The van der Waals surface area contributed by atoms with Crippen LogP contribution in [0, 0.1) is 5.92 Å². The molecule has 2 aliphatic rings. The van der Waals surface area contributed by atoms with Crippen molar-refractivity contribution in [1.29, 1.82) is 0 Å². The summed E-state index contributed by atoms with van der Waals surface area (Å²) >= 11 is 0. The third-order valence-electron chi connectivity index (χ3n) is 3.92. The Morgan fingerprint density at radius 2 is 2.00 bits per heavy atom. The minimum atomic E-state index is 0.0292. The molecule has 2 aliphatic heterocycles. The van der Waals surface area contributed by atoms with E-state index in [2.05, 4.69) is 24.5 Å². The molecule has 2 N–H and O–H groups in total. The molecule has 0 aromatic heterocycles. The SMILES string of the molecule is CC(C)CCNC(=O)COC1CC2CCC(C1)N2. The monoisotopic (exact) mass is 254 g/mol. The highest BCUT2D eigenvalue weighted by Gasteiger charge is 2.33. The molecule has 0 aliphatic carbocycles. The average Bonchev–Trinajstić information content (AvgIpc) is 2.65. The lowest BCUT2D eigenvalue weighted by atomic mass is 10.0. The van der Waals surface area contributed by atoms with E-state index in [1.165, 1.54) is 12.8 Å². The number of nitrogens with one attached hydrogen (secondary N) is 2. The molecule has 4 heteroatoms. The van der Waals surface area contributed by atoms with E-state index >= 15 is 0 Å². The smallest absolute Gasteiger partial charge is 0.246 e. The molecule has 2 heterocycles. The van der Waals surface area contributed by atoms with Gasteiger partial charge < -0.3 is 15.4 Å². The van der Waals surface area contributed by atoms with Crippen LogP contribution in [0.5, 0.6) is 0 Å². The second-order valence-electron chi connectivity index (χ2n) is 6.07. The molecule has 4 nitrogen and oxygen atoms in total. The number of carbonyl (C=O) groups is 1. The van der Waals surface area contributed by atoms with Crippen molar-refractivity contribution >= 4 is 5.91 Å². The van der Waals surface area contributed by atoms with Crippen molar-refractivity contribution in [3.63, 3.8) is 0 Å². The van der Waals surface area contributed by atoms with Crippen molar-refractivity contribution in [2.24, 2.45) is 5.92 Å². The summed E-state index contributed by atoms with van der Waals surface area (Å²) in [6, 6.07) is 1.25. The molecule has 0 radical (unpaired) electrons. The topological polar surface area (TPSA) is 50.4 Å². The first-order valence-electron chi connectivity index (χ1n) is 7.28. The largest absolute Gasteiger partial charge is 0.368 e. The summed E-state index contributed by atoms with van der Waals surface area (Å²) in [5.74, 6) is 0.660. The van der Waals surface area contributed by atoms with Crippen LogP contribution in [-0.2, 0) is 9.53 Å². The van der Waals surface area contributed by atoms with E-state index in [1.807, 2.05) is 0 Å². The van der Waals surface area contributed by atoms with Gasteiger partial charge >= 0.3 is 0 Å². The summed E-state index contributed by atoms with van der Waals surface area (Å²) in [5, 5.41) is 6.49. The van der Waals surface area contributed by atoms with Crippen LogP contribution < -0.4 is 10.6 Å². The molecule has 18 heavy (non-hydrogen) atoms.